The Morgan fingerprint density at radius 3 is 2.02 bits per heavy atom. The monoisotopic (exact) mass is 641 g/mol. The average Bonchev–Trinajstić information content (AvgIpc) is 3.33. The Hall–Kier alpha value is -4.57. The molecule has 3 aliphatic rings. The number of carbonyl (C=O) groups excluding carboxylic acids is 4. The van der Waals surface area contributed by atoms with Gasteiger partial charge in [0.25, 0.3) is 0 Å². The largest absolute Gasteiger partial charge is 0.462 e. The molecule has 0 amide bonds. The van der Waals surface area contributed by atoms with Gasteiger partial charge >= 0.3 is 23.9 Å². The first-order valence-electron chi connectivity index (χ1n) is 15.9. The molecule has 2 aromatic carbocycles. The van der Waals surface area contributed by atoms with E-state index >= 15 is 0 Å². The van der Waals surface area contributed by atoms with Gasteiger partial charge in [0.2, 0.25) is 0 Å². The molecular formula is C37H39NO9. The van der Waals surface area contributed by atoms with Crippen molar-refractivity contribution in [2.24, 2.45) is 17.3 Å². The van der Waals surface area contributed by atoms with E-state index < -0.39 is 64.7 Å². The maximum Gasteiger partial charge on any atom is 0.339 e. The van der Waals surface area contributed by atoms with Gasteiger partial charge in [-0.25, -0.2) is 14.4 Å². The lowest BCUT2D eigenvalue weighted by Crippen LogP contribution is -2.74. The first-order valence-corrected chi connectivity index (χ1v) is 15.9. The summed E-state index contributed by atoms with van der Waals surface area (Å²) in [6, 6.07) is 20.2. The van der Waals surface area contributed by atoms with Gasteiger partial charge in [-0.1, -0.05) is 43.3 Å². The summed E-state index contributed by atoms with van der Waals surface area (Å²) in [7, 11) is 0. The van der Waals surface area contributed by atoms with Gasteiger partial charge < -0.3 is 23.7 Å². The molecule has 2 bridgehead atoms. The maximum atomic E-state index is 14.0. The van der Waals surface area contributed by atoms with Crippen LogP contribution in [0.3, 0.4) is 0 Å². The van der Waals surface area contributed by atoms with Crippen LogP contribution in [0.4, 0.5) is 0 Å². The number of benzene rings is 2. The van der Waals surface area contributed by atoms with Gasteiger partial charge in [-0.2, -0.15) is 0 Å². The Morgan fingerprint density at radius 1 is 0.809 bits per heavy atom. The summed E-state index contributed by atoms with van der Waals surface area (Å²) in [5.41, 5.74) is -2.61. The van der Waals surface area contributed by atoms with Crippen LogP contribution in [-0.2, 0) is 28.5 Å². The standard InChI is InChI=1S/C37H39NO9/c1-23-17-18-29(44-24(2)39)36(22-43-32(40)27-16-11-19-38-21-27)31(46-34(42)26-14-9-6-10-15-26)30(28-20-37(23,36)47-35(28,3)4)45-33(41)25-12-7-5-8-13-25/h5-16,19,21,23,28-31H,17-18,20,22H2,1-4H3/t23-,28+,29+,30+,31-,36+,37+/m1/s1. The van der Waals surface area contributed by atoms with Crippen molar-refractivity contribution in [3.63, 3.8) is 0 Å². The number of carbonyl (C=O) groups is 4. The summed E-state index contributed by atoms with van der Waals surface area (Å²) in [4.78, 5) is 58.0. The van der Waals surface area contributed by atoms with Crippen LogP contribution < -0.4 is 0 Å². The minimum absolute atomic E-state index is 0.139. The highest BCUT2D eigenvalue weighted by Gasteiger charge is 2.79. The summed E-state index contributed by atoms with van der Waals surface area (Å²) in [6.07, 6.45) is 1.12. The second-order valence-electron chi connectivity index (χ2n) is 13.3. The Morgan fingerprint density at radius 2 is 1.43 bits per heavy atom. The minimum atomic E-state index is -1.47. The number of esters is 4. The molecule has 1 aromatic heterocycles. The highest BCUT2D eigenvalue weighted by molar-refractivity contribution is 5.91. The number of ether oxygens (including phenoxy) is 5. The van der Waals surface area contributed by atoms with Crippen molar-refractivity contribution in [2.45, 2.75) is 76.5 Å². The highest BCUT2D eigenvalue weighted by atomic mass is 16.6. The molecule has 10 nitrogen and oxygen atoms in total. The highest BCUT2D eigenvalue weighted by Crippen LogP contribution is 2.67. The molecule has 246 valence electrons. The Balaban J connectivity index is 1.53. The molecule has 1 spiro atoms. The quantitative estimate of drug-likeness (QED) is 0.226. The van der Waals surface area contributed by atoms with Gasteiger partial charge in [-0.15, -0.1) is 0 Å². The van der Waals surface area contributed by atoms with Crippen molar-refractivity contribution in [3.8, 4) is 0 Å². The molecule has 10 heteroatoms. The first-order chi connectivity index (χ1) is 22.5. The maximum absolute atomic E-state index is 14.0. The van der Waals surface area contributed by atoms with Crippen LogP contribution in [-0.4, -0.2) is 65.0 Å². The average molecular weight is 642 g/mol. The van der Waals surface area contributed by atoms with Crippen molar-refractivity contribution >= 4 is 23.9 Å². The molecule has 3 fully saturated rings. The summed E-state index contributed by atoms with van der Waals surface area (Å²) in [5, 5.41) is 0. The second kappa shape index (κ2) is 12.6. The molecule has 2 heterocycles. The van der Waals surface area contributed by atoms with E-state index in [0.717, 1.165) is 0 Å². The van der Waals surface area contributed by atoms with E-state index in [1.807, 2.05) is 20.8 Å². The van der Waals surface area contributed by atoms with E-state index in [2.05, 4.69) is 4.98 Å². The molecule has 1 saturated heterocycles. The summed E-state index contributed by atoms with van der Waals surface area (Å²) < 4.78 is 32.1. The molecule has 7 atom stereocenters. The van der Waals surface area contributed by atoms with Crippen LogP contribution in [0.1, 0.15) is 78.0 Å². The number of nitrogens with zero attached hydrogens (tertiary/aromatic N) is 1. The third-order valence-electron chi connectivity index (χ3n) is 10.2. The molecule has 1 aliphatic heterocycles. The Kier molecular flexibility index (Phi) is 8.65. The van der Waals surface area contributed by atoms with Gasteiger partial charge in [-0.05, 0) is 75.4 Å². The molecule has 6 rings (SSSR count). The van der Waals surface area contributed by atoms with Crippen LogP contribution in [0.2, 0.25) is 0 Å². The van der Waals surface area contributed by atoms with E-state index in [0.29, 0.717) is 24.8 Å². The third kappa shape index (κ3) is 5.69. The summed E-state index contributed by atoms with van der Waals surface area (Å²) in [5.74, 6) is -3.05. The van der Waals surface area contributed by atoms with Gasteiger partial charge in [0.1, 0.15) is 24.2 Å². The van der Waals surface area contributed by atoms with Gasteiger partial charge in [-0.3, -0.25) is 9.78 Å². The first kappa shape index (κ1) is 32.4. The van der Waals surface area contributed by atoms with E-state index in [1.165, 1.54) is 13.1 Å². The molecule has 2 aliphatic carbocycles. The number of hydrogen-bond acceptors (Lipinski definition) is 10. The summed E-state index contributed by atoms with van der Waals surface area (Å²) >= 11 is 0. The zero-order valence-corrected chi connectivity index (χ0v) is 26.9. The number of pyridine rings is 1. The van der Waals surface area contributed by atoms with E-state index in [9.17, 15) is 19.2 Å². The van der Waals surface area contributed by atoms with E-state index in [4.69, 9.17) is 23.7 Å². The number of aromatic nitrogens is 1. The smallest absolute Gasteiger partial charge is 0.339 e. The molecule has 2 saturated carbocycles. The number of hydrogen-bond donors (Lipinski definition) is 0. The predicted octanol–water partition coefficient (Wildman–Crippen LogP) is 5.61. The van der Waals surface area contributed by atoms with Crippen LogP contribution in [0.25, 0.3) is 0 Å². The topological polar surface area (TPSA) is 127 Å². The van der Waals surface area contributed by atoms with Crippen molar-refractivity contribution in [1.82, 2.24) is 4.98 Å². The third-order valence-corrected chi connectivity index (χ3v) is 10.2. The van der Waals surface area contributed by atoms with Gasteiger partial charge in [0, 0.05) is 25.2 Å². The Bertz CT molecular complexity index is 1630. The fraction of sp³-hybridized carbons (Fsp3) is 0.432. The van der Waals surface area contributed by atoms with E-state index in [1.54, 1.807) is 79.0 Å². The van der Waals surface area contributed by atoms with Crippen LogP contribution in [0.15, 0.2) is 85.2 Å². The molecule has 0 N–H and O–H groups in total. The molecular weight excluding hydrogens is 602 g/mol. The minimum Gasteiger partial charge on any atom is -0.462 e. The second-order valence-corrected chi connectivity index (χ2v) is 13.3. The molecule has 47 heavy (non-hydrogen) atoms. The van der Waals surface area contributed by atoms with Gasteiger partial charge in [0.15, 0.2) is 6.10 Å². The zero-order valence-electron chi connectivity index (χ0n) is 26.9. The fourth-order valence-electron chi connectivity index (χ4n) is 8.06. The normalized spacial score (nSPS) is 30.3. The lowest BCUT2D eigenvalue weighted by molar-refractivity contribution is -0.285. The van der Waals surface area contributed by atoms with Crippen LogP contribution >= 0.6 is 0 Å². The molecule has 3 aromatic rings. The lowest BCUT2D eigenvalue weighted by atomic mass is 9.49. The van der Waals surface area contributed by atoms with Crippen molar-refractivity contribution < 1.29 is 42.9 Å². The molecule has 0 radical (unpaired) electrons. The number of rotatable bonds is 8. The number of fused-ring (bicyclic) bond motifs is 1. The van der Waals surface area contributed by atoms with Crippen molar-refractivity contribution in [1.29, 1.82) is 0 Å². The molecule has 0 unspecified atom stereocenters. The van der Waals surface area contributed by atoms with Crippen LogP contribution in [0.5, 0.6) is 0 Å². The predicted molar refractivity (Wildman–Crippen MR) is 168 cm³/mol. The zero-order chi connectivity index (χ0) is 33.4. The van der Waals surface area contributed by atoms with Crippen molar-refractivity contribution in [2.75, 3.05) is 6.61 Å². The van der Waals surface area contributed by atoms with E-state index in [-0.39, 0.29) is 23.7 Å². The van der Waals surface area contributed by atoms with Gasteiger partial charge in [0.05, 0.1) is 27.9 Å². The Labute approximate surface area is 273 Å². The SMILES string of the molecule is CC(=O)O[C@H]1CC[C@@H](C)[C@@]23C[C@@H]([C@H](OC(=O)c4ccccc4)[C@@H](OC(=O)c4ccccc4)[C@]12COC(=O)c1cccnc1)C(C)(C)O3. The summed E-state index contributed by atoms with van der Waals surface area (Å²) in [6.45, 7) is 6.85. The lowest BCUT2D eigenvalue weighted by Gasteiger charge is -2.61. The van der Waals surface area contributed by atoms with Crippen molar-refractivity contribution in [3.05, 3.63) is 102 Å². The van der Waals surface area contributed by atoms with Crippen LogP contribution in [0, 0.1) is 17.3 Å². The fourth-order valence-corrected chi connectivity index (χ4v) is 8.06.